The third kappa shape index (κ3) is 3.37. The smallest absolute Gasteiger partial charge is 0.410 e. The molecule has 1 N–H and O–H groups in total. The second-order valence-corrected chi connectivity index (χ2v) is 7.50. The lowest BCUT2D eigenvalue weighted by molar-refractivity contribution is 0.0111. The summed E-state index contributed by atoms with van der Waals surface area (Å²) in [5.74, 6) is -0.212. The zero-order chi connectivity index (χ0) is 17.5. The number of aryl methyl sites for hydroxylation is 1. The number of aromatic amines is 1. The van der Waals surface area contributed by atoms with Crippen LogP contribution in [0.25, 0.3) is 10.9 Å². The highest BCUT2D eigenvalue weighted by Crippen LogP contribution is 2.34. The second-order valence-electron chi connectivity index (χ2n) is 7.50. The van der Waals surface area contributed by atoms with Crippen molar-refractivity contribution in [2.24, 2.45) is 0 Å². The van der Waals surface area contributed by atoms with Gasteiger partial charge in [-0.1, -0.05) is 0 Å². The molecular weight excluding hydrogens is 309 g/mol. The molecule has 2 atom stereocenters. The van der Waals surface area contributed by atoms with E-state index in [0.717, 1.165) is 22.0 Å². The fraction of sp³-hybridized carbons (Fsp3) is 0.556. The molecule has 3 rings (SSSR count). The fourth-order valence-corrected chi connectivity index (χ4v) is 3.27. The first kappa shape index (κ1) is 16.7. The summed E-state index contributed by atoms with van der Waals surface area (Å²) in [5, 5.41) is 7.99. The molecule has 0 spiro atoms. The number of hydrogen-bond acceptors (Lipinski definition) is 3. The third-order valence-corrected chi connectivity index (χ3v) is 4.42. The number of piperidine rings is 1. The molecule has 130 valence electrons. The zero-order valence-electron chi connectivity index (χ0n) is 14.6. The quantitative estimate of drug-likeness (QED) is 0.860. The lowest BCUT2D eigenvalue weighted by Crippen LogP contribution is -2.46. The van der Waals surface area contributed by atoms with E-state index >= 15 is 0 Å². The van der Waals surface area contributed by atoms with Crippen LogP contribution in [0, 0.1) is 6.92 Å². The number of alkyl halides is 1. The van der Waals surface area contributed by atoms with Gasteiger partial charge >= 0.3 is 6.09 Å². The van der Waals surface area contributed by atoms with Gasteiger partial charge in [0.05, 0.1) is 18.3 Å². The van der Waals surface area contributed by atoms with Crippen LogP contribution in [0.3, 0.4) is 0 Å². The number of hydrogen-bond donors (Lipinski definition) is 1. The molecule has 1 aliphatic rings. The van der Waals surface area contributed by atoms with Gasteiger partial charge in [0.25, 0.3) is 0 Å². The first-order valence-corrected chi connectivity index (χ1v) is 8.30. The Morgan fingerprint density at radius 2 is 2.17 bits per heavy atom. The Morgan fingerprint density at radius 1 is 1.42 bits per heavy atom. The Labute approximate surface area is 141 Å². The number of nitrogens with one attached hydrogen (secondary N) is 1. The van der Waals surface area contributed by atoms with Crippen LogP contribution in [0.5, 0.6) is 0 Å². The summed E-state index contributed by atoms with van der Waals surface area (Å²) < 4.78 is 20.2. The van der Waals surface area contributed by atoms with Gasteiger partial charge in [-0.2, -0.15) is 5.10 Å². The molecule has 1 saturated heterocycles. The molecular formula is C18H24FN3O2. The number of benzene rings is 1. The van der Waals surface area contributed by atoms with Crippen molar-refractivity contribution in [3.63, 3.8) is 0 Å². The summed E-state index contributed by atoms with van der Waals surface area (Å²) >= 11 is 0. The highest BCUT2D eigenvalue weighted by Gasteiger charge is 2.35. The molecule has 1 aromatic carbocycles. The summed E-state index contributed by atoms with van der Waals surface area (Å²) in [5.41, 5.74) is 2.39. The maximum Gasteiger partial charge on any atom is 0.410 e. The average molecular weight is 333 g/mol. The van der Waals surface area contributed by atoms with Crippen molar-refractivity contribution in [3.05, 3.63) is 29.5 Å². The lowest BCUT2D eigenvalue weighted by atomic mass is 9.85. The Hall–Kier alpha value is -2.11. The predicted molar refractivity (Wildman–Crippen MR) is 90.9 cm³/mol. The SMILES string of the molecule is Cc1cc2cn[nH]c2cc1C1CCN(C(=O)OC(C)(C)C)CC1F. The molecule has 2 heterocycles. The number of halogens is 1. The van der Waals surface area contributed by atoms with Gasteiger partial charge in [-0.3, -0.25) is 5.10 Å². The van der Waals surface area contributed by atoms with Gasteiger partial charge in [0.1, 0.15) is 11.8 Å². The minimum Gasteiger partial charge on any atom is -0.444 e. The Bertz CT molecular complexity index is 750. The molecule has 0 aliphatic carbocycles. The van der Waals surface area contributed by atoms with Crippen molar-refractivity contribution in [3.8, 4) is 0 Å². The predicted octanol–water partition coefficient (Wildman–Crippen LogP) is 3.93. The van der Waals surface area contributed by atoms with Crippen molar-refractivity contribution in [2.75, 3.05) is 13.1 Å². The number of amides is 1. The molecule has 1 aliphatic heterocycles. The van der Waals surface area contributed by atoms with Gasteiger partial charge in [0.2, 0.25) is 0 Å². The van der Waals surface area contributed by atoms with E-state index in [1.807, 2.05) is 39.8 Å². The minimum atomic E-state index is -1.11. The second kappa shape index (κ2) is 6.07. The van der Waals surface area contributed by atoms with Crippen molar-refractivity contribution in [2.45, 2.75) is 51.8 Å². The zero-order valence-corrected chi connectivity index (χ0v) is 14.6. The Morgan fingerprint density at radius 3 is 2.83 bits per heavy atom. The molecule has 24 heavy (non-hydrogen) atoms. The molecule has 5 nitrogen and oxygen atoms in total. The van der Waals surface area contributed by atoms with E-state index in [-0.39, 0.29) is 12.5 Å². The molecule has 1 fully saturated rings. The van der Waals surface area contributed by atoms with Crippen LogP contribution in [-0.4, -0.2) is 46.1 Å². The number of carbonyl (C=O) groups is 1. The molecule has 1 amide bonds. The molecule has 2 unspecified atom stereocenters. The summed E-state index contributed by atoms with van der Waals surface area (Å²) in [6, 6.07) is 4.01. The minimum absolute atomic E-state index is 0.0695. The van der Waals surface area contributed by atoms with Crippen LogP contribution in [0.2, 0.25) is 0 Å². The standard InChI is InChI=1S/C18H24FN3O2/c1-11-7-12-9-20-21-16(12)8-14(11)13-5-6-22(10-15(13)19)17(23)24-18(2,3)4/h7-9,13,15H,5-6,10H2,1-4H3,(H,20,21). The van der Waals surface area contributed by atoms with Crippen molar-refractivity contribution in [1.29, 1.82) is 0 Å². The van der Waals surface area contributed by atoms with Crippen LogP contribution in [0.1, 0.15) is 44.2 Å². The van der Waals surface area contributed by atoms with Gasteiger partial charge in [0.15, 0.2) is 0 Å². The summed E-state index contributed by atoms with van der Waals surface area (Å²) in [4.78, 5) is 13.6. The van der Waals surface area contributed by atoms with E-state index in [1.54, 1.807) is 6.20 Å². The number of aromatic nitrogens is 2. The van der Waals surface area contributed by atoms with Gasteiger partial charge in [0, 0.05) is 17.8 Å². The maximum absolute atomic E-state index is 14.8. The van der Waals surface area contributed by atoms with E-state index in [4.69, 9.17) is 4.74 Å². The molecule has 6 heteroatoms. The maximum atomic E-state index is 14.8. The number of fused-ring (bicyclic) bond motifs is 1. The lowest BCUT2D eigenvalue weighted by Gasteiger charge is -2.36. The third-order valence-electron chi connectivity index (χ3n) is 4.42. The first-order chi connectivity index (χ1) is 11.2. The number of likely N-dealkylation sites (tertiary alicyclic amines) is 1. The van der Waals surface area contributed by atoms with E-state index in [0.29, 0.717) is 13.0 Å². The summed E-state index contributed by atoms with van der Waals surface area (Å²) in [7, 11) is 0. The summed E-state index contributed by atoms with van der Waals surface area (Å²) in [6.07, 6.45) is 0.806. The van der Waals surface area contributed by atoms with Crippen molar-refractivity contribution >= 4 is 17.0 Å². The van der Waals surface area contributed by atoms with Crippen LogP contribution < -0.4 is 0 Å². The first-order valence-electron chi connectivity index (χ1n) is 8.30. The van der Waals surface area contributed by atoms with E-state index in [1.165, 1.54) is 4.90 Å². The number of nitrogens with zero attached hydrogens (tertiary/aromatic N) is 2. The molecule has 0 radical (unpaired) electrons. The van der Waals surface area contributed by atoms with Crippen molar-refractivity contribution in [1.82, 2.24) is 15.1 Å². The monoisotopic (exact) mass is 333 g/mol. The Kier molecular flexibility index (Phi) is 4.24. The van der Waals surface area contributed by atoms with E-state index in [9.17, 15) is 9.18 Å². The van der Waals surface area contributed by atoms with Crippen LogP contribution in [0.4, 0.5) is 9.18 Å². The van der Waals surface area contributed by atoms with Crippen molar-refractivity contribution < 1.29 is 13.9 Å². The number of rotatable bonds is 1. The number of ether oxygens (including phenoxy) is 1. The fourth-order valence-electron chi connectivity index (χ4n) is 3.27. The number of H-pyrrole nitrogens is 1. The topological polar surface area (TPSA) is 58.2 Å². The van der Waals surface area contributed by atoms with Gasteiger partial charge in [-0.25, -0.2) is 9.18 Å². The molecule has 0 saturated carbocycles. The molecule has 2 aromatic rings. The van der Waals surface area contributed by atoms with Gasteiger partial charge in [-0.15, -0.1) is 0 Å². The molecule has 0 bridgehead atoms. The van der Waals surface area contributed by atoms with Gasteiger partial charge in [-0.05, 0) is 57.4 Å². The number of carbonyl (C=O) groups excluding carboxylic acids is 1. The van der Waals surface area contributed by atoms with E-state index in [2.05, 4.69) is 10.2 Å². The van der Waals surface area contributed by atoms with Crippen LogP contribution in [-0.2, 0) is 4.74 Å². The average Bonchev–Trinajstić information content (AvgIpc) is 2.91. The van der Waals surface area contributed by atoms with E-state index < -0.39 is 17.9 Å². The van der Waals surface area contributed by atoms with Crippen LogP contribution >= 0.6 is 0 Å². The highest BCUT2D eigenvalue weighted by atomic mass is 19.1. The molecule has 1 aromatic heterocycles. The summed E-state index contributed by atoms with van der Waals surface area (Å²) in [6.45, 7) is 8.00. The Balaban J connectivity index is 1.75. The normalized spacial score (nSPS) is 22.0. The highest BCUT2D eigenvalue weighted by molar-refractivity contribution is 5.80. The van der Waals surface area contributed by atoms with Crippen LogP contribution in [0.15, 0.2) is 18.3 Å². The largest absolute Gasteiger partial charge is 0.444 e. The van der Waals surface area contributed by atoms with Gasteiger partial charge < -0.3 is 9.64 Å².